The van der Waals surface area contributed by atoms with E-state index in [0.29, 0.717) is 43.5 Å². The van der Waals surface area contributed by atoms with Gasteiger partial charge in [0.1, 0.15) is 11.6 Å². The van der Waals surface area contributed by atoms with Crippen molar-refractivity contribution < 1.29 is 5.11 Å². The number of hydrogen-bond donors (Lipinski definition) is 4. The average Bonchev–Trinajstić information content (AvgIpc) is 2.66. The third-order valence-corrected chi connectivity index (χ3v) is 4.40. The van der Waals surface area contributed by atoms with Crippen molar-refractivity contribution in [3.8, 4) is 17.6 Å². The van der Waals surface area contributed by atoms with Crippen molar-refractivity contribution in [2.75, 3.05) is 43.9 Å². The molecule has 1 saturated heterocycles. The van der Waals surface area contributed by atoms with Crippen LogP contribution in [0.5, 0.6) is 5.75 Å². The van der Waals surface area contributed by atoms with Crippen LogP contribution in [0.15, 0.2) is 24.3 Å². The van der Waals surface area contributed by atoms with Crippen molar-refractivity contribution in [2.24, 2.45) is 0 Å². The van der Waals surface area contributed by atoms with Crippen LogP contribution in [0, 0.1) is 24.2 Å². The molecule has 2 heterocycles. The third-order valence-electron chi connectivity index (χ3n) is 4.40. The Labute approximate surface area is 158 Å². The van der Waals surface area contributed by atoms with Crippen molar-refractivity contribution >= 4 is 17.7 Å². The minimum Gasteiger partial charge on any atom is -0.508 e. The van der Waals surface area contributed by atoms with E-state index in [1.807, 2.05) is 17.9 Å². The number of piperazine rings is 1. The molecule has 1 aliphatic heterocycles. The zero-order valence-corrected chi connectivity index (χ0v) is 15.5. The molecular formula is C19H23N7O. The number of phenols is 1. The Hall–Kier alpha value is -3.47. The number of nitrogens with one attached hydrogen (secondary N) is 2. The predicted octanol–water partition coefficient (Wildman–Crippen LogP) is 0.749. The topological polar surface area (TPSA) is 114 Å². The van der Waals surface area contributed by atoms with Gasteiger partial charge in [-0.1, -0.05) is 17.9 Å². The van der Waals surface area contributed by atoms with Gasteiger partial charge in [-0.15, -0.1) is 0 Å². The lowest BCUT2D eigenvalue weighted by Crippen LogP contribution is -2.52. The summed E-state index contributed by atoms with van der Waals surface area (Å²) in [5.74, 6) is 7.73. The average molecular weight is 365 g/mol. The molecule has 8 heteroatoms. The number of benzene rings is 1. The molecule has 0 bridgehead atoms. The smallest absolute Gasteiger partial charge is 0.222 e. The highest BCUT2D eigenvalue weighted by Crippen LogP contribution is 2.22. The first-order valence-electron chi connectivity index (χ1n) is 8.69. The van der Waals surface area contributed by atoms with Crippen LogP contribution >= 0.6 is 0 Å². The molecule has 27 heavy (non-hydrogen) atoms. The number of phenolic OH excluding ortho intramolecular Hbond substituents is 1. The van der Waals surface area contributed by atoms with E-state index in [1.165, 1.54) is 0 Å². The molecule has 2 aromatic rings. The molecule has 0 radical (unpaired) electrons. The fourth-order valence-corrected chi connectivity index (χ4v) is 2.97. The number of rotatable bonds is 1. The predicted molar refractivity (Wildman–Crippen MR) is 106 cm³/mol. The van der Waals surface area contributed by atoms with Gasteiger partial charge in [0.25, 0.3) is 0 Å². The molecular weight excluding hydrogens is 342 g/mol. The van der Waals surface area contributed by atoms with Crippen molar-refractivity contribution in [1.29, 1.82) is 5.41 Å². The second-order valence-corrected chi connectivity index (χ2v) is 6.24. The first kappa shape index (κ1) is 18.3. The van der Waals surface area contributed by atoms with Crippen LogP contribution < -0.4 is 16.0 Å². The second kappa shape index (κ2) is 7.83. The van der Waals surface area contributed by atoms with Crippen LogP contribution in [-0.2, 0) is 0 Å². The first-order valence-corrected chi connectivity index (χ1v) is 8.69. The minimum atomic E-state index is 0.176. The lowest BCUT2D eigenvalue weighted by Gasteiger charge is -2.36. The molecule has 3 rings (SSSR count). The number of aryl methyl sites for hydroxylation is 1. The molecule has 0 unspecified atom stereocenters. The Kier molecular flexibility index (Phi) is 5.31. The zero-order chi connectivity index (χ0) is 19.4. The molecule has 0 aliphatic carbocycles. The molecule has 1 fully saturated rings. The van der Waals surface area contributed by atoms with Crippen molar-refractivity contribution in [1.82, 2.24) is 20.2 Å². The van der Waals surface area contributed by atoms with Crippen LogP contribution in [0.1, 0.15) is 16.8 Å². The standard InChI is InChI=1S/C19H23N7O/c1-13-16(7-6-14-4-3-5-15(27)12-14)17(24-18(20)23-13)25-8-10-26(11-9-25)19(21)22-2/h3-5,12,27H,8-11H2,1-2H3,(H2,21,22)(H2,20,23,24). The molecule has 140 valence electrons. The zero-order valence-electron chi connectivity index (χ0n) is 15.5. The highest BCUT2D eigenvalue weighted by molar-refractivity contribution is 5.76. The lowest BCUT2D eigenvalue weighted by atomic mass is 10.1. The summed E-state index contributed by atoms with van der Waals surface area (Å²) >= 11 is 0. The van der Waals surface area contributed by atoms with Gasteiger partial charge in [-0.25, -0.2) is 4.98 Å². The molecule has 1 aromatic carbocycles. The highest BCUT2D eigenvalue weighted by atomic mass is 16.3. The van der Waals surface area contributed by atoms with E-state index < -0.39 is 0 Å². The van der Waals surface area contributed by atoms with Gasteiger partial charge in [0.05, 0.1) is 11.3 Å². The summed E-state index contributed by atoms with van der Waals surface area (Å²) in [5, 5.41) is 20.4. The SMILES string of the molecule is CNC(=N)N1CCN(c2nc(N)nc(C)c2C#Cc2cccc(O)c2)CC1. The van der Waals surface area contributed by atoms with E-state index in [2.05, 4.69) is 32.0 Å². The highest BCUT2D eigenvalue weighted by Gasteiger charge is 2.22. The summed E-state index contributed by atoms with van der Waals surface area (Å²) in [7, 11) is 1.75. The molecule has 0 saturated carbocycles. The van der Waals surface area contributed by atoms with Gasteiger partial charge >= 0.3 is 0 Å². The van der Waals surface area contributed by atoms with Crippen LogP contribution in [0.25, 0.3) is 0 Å². The summed E-state index contributed by atoms with van der Waals surface area (Å²) in [5.41, 5.74) is 8.03. The number of aromatic nitrogens is 2. The van der Waals surface area contributed by atoms with Gasteiger partial charge in [-0.05, 0) is 25.1 Å². The van der Waals surface area contributed by atoms with E-state index in [0.717, 1.165) is 11.3 Å². The van der Waals surface area contributed by atoms with Gasteiger partial charge in [0, 0.05) is 38.8 Å². The number of anilines is 2. The molecule has 1 aromatic heterocycles. The molecule has 1 aliphatic rings. The monoisotopic (exact) mass is 365 g/mol. The normalized spacial score (nSPS) is 13.7. The van der Waals surface area contributed by atoms with Gasteiger partial charge in [0.2, 0.25) is 5.95 Å². The minimum absolute atomic E-state index is 0.176. The third kappa shape index (κ3) is 4.20. The van der Waals surface area contributed by atoms with Crippen molar-refractivity contribution in [3.63, 3.8) is 0 Å². The summed E-state index contributed by atoms with van der Waals surface area (Å²) in [4.78, 5) is 12.8. The molecule has 5 N–H and O–H groups in total. The molecule has 0 spiro atoms. The second-order valence-electron chi connectivity index (χ2n) is 6.24. The summed E-state index contributed by atoms with van der Waals surface area (Å²) in [6.45, 7) is 4.70. The first-order chi connectivity index (χ1) is 13.0. The van der Waals surface area contributed by atoms with E-state index in [4.69, 9.17) is 11.1 Å². The summed E-state index contributed by atoms with van der Waals surface area (Å²) < 4.78 is 0. The van der Waals surface area contributed by atoms with Gasteiger partial charge in [0.15, 0.2) is 5.96 Å². The number of nitrogens with zero attached hydrogens (tertiary/aromatic N) is 4. The van der Waals surface area contributed by atoms with E-state index >= 15 is 0 Å². The van der Waals surface area contributed by atoms with Crippen molar-refractivity contribution in [3.05, 3.63) is 41.1 Å². The number of guanidine groups is 1. The van der Waals surface area contributed by atoms with Crippen LogP contribution in [0.3, 0.4) is 0 Å². The molecule has 8 nitrogen and oxygen atoms in total. The largest absolute Gasteiger partial charge is 0.508 e. The maximum atomic E-state index is 9.61. The maximum Gasteiger partial charge on any atom is 0.222 e. The Bertz CT molecular complexity index is 908. The fraction of sp³-hybridized carbons (Fsp3) is 0.316. The van der Waals surface area contributed by atoms with Crippen LogP contribution in [-0.4, -0.2) is 59.2 Å². The van der Waals surface area contributed by atoms with E-state index in [9.17, 15) is 5.11 Å². The van der Waals surface area contributed by atoms with Gasteiger partial charge in [-0.3, -0.25) is 5.41 Å². The summed E-state index contributed by atoms with van der Waals surface area (Å²) in [6.07, 6.45) is 0. The van der Waals surface area contributed by atoms with E-state index in [-0.39, 0.29) is 11.7 Å². The lowest BCUT2D eigenvalue weighted by molar-refractivity contribution is 0.372. The van der Waals surface area contributed by atoms with E-state index in [1.54, 1.807) is 25.2 Å². The Morgan fingerprint density at radius 2 is 1.96 bits per heavy atom. The summed E-state index contributed by atoms with van der Waals surface area (Å²) in [6, 6.07) is 6.81. The Morgan fingerprint density at radius 3 is 2.63 bits per heavy atom. The fourth-order valence-electron chi connectivity index (χ4n) is 2.97. The van der Waals surface area contributed by atoms with Crippen LogP contribution in [0.2, 0.25) is 0 Å². The number of nitrogen functional groups attached to an aromatic ring is 1. The quantitative estimate of drug-likeness (QED) is 0.335. The Morgan fingerprint density at radius 1 is 1.22 bits per heavy atom. The van der Waals surface area contributed by atoms with Crippen molar-refractivity contribution in [2.45, 2.75) is 6.92 Å². The van der Waals surface area contributed by atoms with Gasteiger partial charge in [-0.2, -0.15) is 4.98 Å². The molecule has 0 atom stereocenters. The Balaban J connectivity index is 1.89. The number of aromatic hydroxyl groups is 1. The van der Waals surface area contributed by atoms with Crippen LogP contribution in [0.4, 0.5) is 11.8 Å². The number of nitrogens with two attached hydrogens (primary N) is 1. The molecule has 0 amide bonds. The maximum absolute atomic E-state index is 9.61. The van der Waals surface area contributed by atoms with Gasteiger partial charge < -0.3 is 26.0 Å². The number of hydrogen-bond acceptors (Lipinski definition) is 6.